The van der Waals surface area contributed by atoms with E-state index in [1.165, 1.54) is 35.5 Å². The number of thiophene rings is 1. The molecule has 0 aliphatic rings. The standard InChI is InChI=1S/C15H18N6O3S/c1-7(2)18-11(22)9(4)20-13(23)10-8(3)14(21-16-5-6-17-21)25-12(10)19-15(20)24/h5-7,9H,1-4H3,(H,18,22)(H,19,24). The third-order valence-electron chi connectivity index (χ3n) is 3.79. The van der Waals surface area contributed by atoms with Gasteiger partial charge in [-0.15, -0.1) is 4.80 Å². The van der Waals surface area contributed by atoms with Gasteiger partial charge in [-0.05, 0) is 27.7 Å². The van der Waals surface area contributed by atoms with Gasteiger partial charge in [-0.1, -0.05) is 11.3 Å². The van der Waals surface area contributed by atoms with Crippen LogP contribution in [0.5, 0.6) is 0 Å². The fraction of sp³-hybridized carbons (Fsp3) is 0.400. The number of aromatic nitrogens is 5. The fourth-order valence-corrected chi connectivity index (χ4v) is 3.71. The summed E-state index contributed by atoms with van der Waals surface area (Å²) in [6.07, 6.45) is 3.06. The maximum absolute atomic E-state index is 12.9. The van der Waals surface area contributed by atoms with Crippen molar-refractivity contribution in [2.75, 3.05) is 0 Å². The first kappa shape index (κ1) is 17.1. The van der Waals surface area contributed by atoms with Crippen LogP contribution in [-0.4, -0.2) is 36.5 Å². The van der Waals surface area contributed by atoms with Gasteiger partial charge in [0.05, 0.1) is 17.8 Å². The molecule has 9 nitrogen and oxygen atoms in total. The Kier molecular flexibility index (Phi) is 4.29. The first-order chi connectivity index (χ1) is 11.8. The molecule has 3 aromatic rings. The zero-order valence-electron chi connectivity index (χ0n) is 14.2. The Morgan fingerprint density at radius 1 is 1.24 bits per heavy atom. The number of H-pyrrole nitrogens is 1. The summed E-state index contributed by atoms with van der Waals surface area (Å²) in [5.41, 5.74) is -0.467. The number of nitrogens with zero attached hydrogens (tertiary/aromatic N) is 4. The van der Waals surface area contributed by atoms with Gasteiger partial charge < -0.3 is 5.32 Å². The van der Waals surface area contributed by atoms with E-state index in [1.807, 2.05) is 13.8 Å². The molecule has 0 fully saturated rings. The molecule has 0 bridgehead atoms. The van der Waals surface area contributed by atoms with Crippen LogP contribution in [0.25, 0.3) is 15.2 Å². The number of carbonyl (C=O) groups excluding carboxylic acids is 1. The van der Waals surface area contributed by atoms with Gasteiger partial charge in [0, 0.05) is 11.6 Å². The molecule has 0 spiro atoms. The molecule has 0 aromatic carbocycles. The second kappa shape index (κ2) is 6.28. The van der Waals surface area contributed by atoms with E-state index < -0.39 is 17.3 Å². The van der Waals surface area contributed by atoms with Crippen molar-refractivity contribution in [3.63, 3.8) is 0 Å². The lowest BCUT2D eigenvalue weighted by molar-refractivity contribution is -0.124. The van der Waals surface area contributed by atoms with Gasteiger partial charge in [0.2, 0.25) is 5.91 Å². The van der Waals surface area contributed by atoms with Crippen LogP contribution in [0, 0.1) is 6.92 Å². The van der Waals surface area contributed by atoms with Gasteiger partial charge in [-0.3, -0.25) is 14.6 Å². The SMILES string of the molecule is Cc1c(-n2nccn2)sc2[nH]c(=O)n(C(C)C(=O)NC(C)C)c(=O)c12. The second-order valence-electron chi connectivity index (χ2n) is 6.00. The van der Waals surface area contributed by atoms with Crippen molar-refractivity contribution in [3.8, 4) is 5.00 Å². The zero-order valence-corrected chi connectivity index (χ0v) is 15.0. The minimum Gasteiger partial charge on any atom is -0.352 e. The molecule has 1 unspecified atom stereocenters. The monoisotopic (exact) mass is 362 g/mol. The molecule has 3 heterocycles. The number of aromatic amines is 1. The van der Waals surface area contributed by atoms with Crippen LogP contribution in [0.3, 0.4) is 0 Å². The number of aryl methyl sites for hydroxylation is 1. The van der Waals surface area contributed by atoms with Gasteiger partial charge in [0.25, 0.3) is 5.56 Å². The Hall–Kier alpha value is -2.75. The predicted molar refractivity (Wildman–Crippen MR) is 94.3 cm³/mol. The Labute approximate surface area is 146 Å². The van der Waals surface area contributed by atoms with Crippen LogP contribution in [0.1, 0.15) is 32.4 Å². The number of hydrogen-bond acceptors (Lipinski definition) is 6. The van der Waals surface area contributed by atoms with E-state index in [4.69, 9.17) is 0 Å². The van der Waals surface area contributed by atoms with Gasteiger partial charge >= 0.3 is 5.69 Å². The zero-order chi connectivity index (χ0) is 18.3. The minimum atomic E-state index is -0.923. The highest BCUT2D eigenvalue weighted by atomic mass is 32.1. The topological polar surface area (TPSA) is 115 Å². The Bertz CT molecular complexity index is 1040. The van der Waals surface area contributed by atoms with Crippen molar-refractivity contribution >= 4 is 27.5 Å². The lowest BCUT2D eigenvalue weighted by atomic mass is 10.2. The number of rotatable bonds is 4. The Morgan fingerprint density at radius 2 is 1.88 bits per heavy atom. The van der Waals surface area contributed by atoms with Crippen LogP contribution < -0.4 is 16.6 Å². The molecule has 0 saturated heterocycles. The van der Waals surface area contributed by atoms with Crippen LogP contribution in [-0.2, 0) is 4.79 Å². The van der Waals surface area contributed by atoms with Gasteiger partial charge in [-0.2, -0.15) is 10.2 Å². The van der Waals surface area contributed by atoms with E-state index in [0.29, 0.717) is 20.8 Å². The lowest BCUT2D eigenvalue weighted by Crippen LogP contribution is -2.44. The fourth-order valence-electron chi connectivity index (χ4n) is 2.60. The first-order valence-electron chi connectivity index (χ1n) is 7.76. The summed E-state index contributed by atoms with van der Waals surface area (Å²) in [6, 6.07) is -1.01. The van der Waals surface area contributed by atoms with Crippen molar-refractivity contribution in [1.82, 2.24) is 29.9 Å². The maximum Gasteiger partial charge on any atom is 0.330 e. The van der Waals surface area contributed by atoms with E-state index in [9.17, 15) is 14.4 Å². The second-order valence-corrected chi connectivity index (χ2v) is 7.00. The highest BCUT2D eigenvalue weighted by Crippen LogP contribution is 2.28. The smallest absolute Gasteiger partial charge is 0.330 e. The van der Waals surface area contributed by atoms with E-state index >= 15 is 0 Å². The Morgan fingerprint density at radius 3 is 2.48 bits per heavy atom. The average Bonchev–Trinajstić information content (AvgIpc) is 3.14. The summed E-state index contributed by atoms with van der Waals surface area (Å²) in [4.78, 5) is 42.0. The quantitative estimate of drug-likeness (QED) is 0.710. The van der Waals surface area contributed by atoms with Crippen molar-refractivity contribution in [3.05, 3.63) is 38.8 Å². The molecule has 2 N–H and O–H groups in total. The molecule has 0 aliphatic carbocycles. The maximum atomic E-state index is 12.9. The van der Waals surface area contributed by atoms with Gasteiger partial charge in [0.1, 0.15) is 15.9 Å². The molecule has 3 aromatic heterocycles. The van der Waals surface area contributed by atoms with Crippen molar-refractivity contribution in [2.24, 2.45) is 0 Å². The average molecular weight is 362 g/mol. The third kappa shape index (κ3) is 2.88. The summed E-state index contributed by atoms with van der Waals surface area (Å²) < 4.78 is 0.945. The normalized spacial score (nSPS) is 12.7. The molecule has 1 atom stereocenters. The molecule has 25 heavy (non-hydrogen) atoms. The van der Waals surface area contributed by atoms with Crippen LogP contribution in [0.2, 0.25) is 0 Å². The lowest BCUT2D eigenvalue weighted by Gasteiger charge is -2.16. The van der Waals surface area contributed by atoms with Crippen molar-refractivity contribution in [1.29, 1.82) is 0 Å². The van der Waals surface area contributed by atoms with E-state index in [1.54, 1.807) is 6.92 Å². The van der Waals surface area contributed by atoms with Gasteiger partial charge in [0.15, 0.2) is 0 Å². The number of fused-ring (bicyclic) bond motifs is 1. The molecule has 10 heteroatoms. The van der Waals surface area contributed by atoms with Crippen LogP contribution in [0.15, 0.2) is 22.0 Å². The molecule has 132 valence electrons. The van der Waals surface area contributed by atoms with E-state index in [-0.39, 0.29) is 11.9 Å². The number of carbonyl (C=O) groups is 1. The van der Waals surface area contributed by atoms with Gasteiger partial charge in [-0.25, -0.2) is 9.36 Å². The Balaban J connectivity index is 2.19. The number of amides is 1. The highest BCUT2D eigenvalue weighted by molar-refractivity contribution is 7.21. The third-order valence-corrected chi connectivity index (χ3v) is 4.96. The summed E-state index contributed by atoms with van der Waals surface area (Å²) in [5, 5.41) is 11.8. The molecule has 3 rings (SSSR count). The van der Waals surface area contributed by atoms with Crippen molar-refractivity contribution < 1.29 is 4.79 Å². The first-order valence-corrected chi connectivity index (χ1v) is 8.58. The largest absolute Gasteiger partial charge is 0.352 e. The highest BCUT2D eigenvalue weighted by Gasteiger charge is 2.23. The summed E-state index contributed by atoms with van der Waals surface area (Å²) in [5.74, 6) is -0.385. The number of hydrogen-bond donors (Lipinski definition) is 2. The summed E-state index contributed by atoms with van der Waals surface area (Å²) >= 11 is 1.22. The van der Waals surface area contributed by atoms with Crippen LogP contribution >= 0.6 is 11.3 Å². The summed E-state index contributed by atoms with van der Waals surface area (Å²) in [7, 11) is 0. The van der Waals surface area contributed by atoms with Crippen LogP contribution in [0.4, 0.5) is 0 Å². The minimum absolute atomic E-state index is 0.0890. The predicted octanol–water partition coefficient (Wildman–Crippen LogP) is 0.726. The summed E-state index contributed by atoms with van der Waals surface area (Å²) in [6.45, 7) is 6.92. The molecule has 0 radical (unpaired) electrons. The molecular formula is C15H18N6O3S. The van der Waals surface area contributed by atoms with E-state index in [2.05, 4.69) is 20.5 Å². The van der Waals surface area contributed by atoms with Crippen molar-refractivity contribution in [2.45, 2.75) is 39.8 Å². The molecular weight excluding hydrogens is 344 g/mol. The van der Waals surface area contributed by atoms with E-state index in [0.717, 1.165) is 4.57 Å². The molecule has 0 aliphatic heterocycles. The molecule has 0 saturated carbocycles. The molecule has 1 amide bonds. The number of nitrogens with one attached hydrogen (secondary N) is 2.